The van der Waals surface area contributed by atoms with Crippen molar-refractivity contribution < 1.29 is 14.1 Å². The summed E-state index contributed by atoms with van der Waals surface area (Å²) in [6.07, 6.45) is 5.78. The van der Waals surface area contributed by atoms with Crippen molar-refractivity contribution in [3.8, 4) is 0 Å². The molecule has 1 aliphatic carbocycles. The Bertz CT molecular complexity index is 470. The van der Waals surface area contributed by atoms with E-state index in [1.54, 1.807) is 0 Å². The lowest BCUT2D eigenvalue weighted by atomic mass is 9.95. The smallest absolute Gasteiger partial charge is 0.257 e. The molecule has 0 aromatic carbocycles. The van der Waals surface area contributed by atoms with Crippen LogP contribution in [-0.2, 0) is 16.0 Å². The van der Waals surface area contributed by atoms with Crippen LogP contribution in [0.2, 0.25) is 0 Å². The standard InChI is InChI=1S/C14H22N4O3.ClH/c19-13(16-10-4-2-1-3-5-10)8-12-17-14(21-18-12)11-9-15-6-7-20-11;/h10-11,15H,1-9H2,(H,16,19);1H/t11-;/m1./s1. The van der Waals surface area contributed by atoms with Gasteiger partial charge in [0.1, 0.15) is 6.10 Å². The molecule has 124 valence electrons. The van der Waals surface area contributed by atoms with E-state index in [1.807, 2.05) is 0 Å². The molecule has 0 radical (unpaired) electrons. The maximum atomic E-state index is 12.0. The van der Waals surface area contributed by atoms with Gasteiger partial charge in [-0.2, -0.15) is 4.98 Å². The molecule has 2 aliphatic rings. The first-order valence-electron chi connectivity index (χ1n) is 7.75. The fourth-order valence-electron chi connectivity index (χ4n) is 2.86. The average molecular weight is 331 g/mol. The highest BCUT2D eigenvalue weighted by molar-refractivity contribution is 5.85. The Morgan fingerprint density at radius 3 is 2.86 bits per heavy atom. The lowest BCUT2D eigenvalue weighted by Crippen LogP contribution is -2.37. The van der Waals surface area contributed by atoms with Crippen molar-refractivity contribution >= 4 is 18.3 Å². The van der Waals surface area contributed by atoms with Gasteiger partial charge in [-0.1, -0.05) is 24.4 Å². The summed E-state index contributed by atoms with van der Waals surface area (Å²) >= 11 is 0. The second-order valence-corrected chi connectivity index (χ2v) is 5.69. The SMILES string of the molecule is Cl.O=C(Cc1noc([C@H]2CNCCO2)n1)NC1CCCCC1. The molecule has 2 fully saturated rings. The molecule has 1 aromatic heterocycles. The average Bonchev–Trinajstić information content (AvgIpc) is 2.97. The van der Waals surface area contributed by atoms with Crippen LogP contribution in [0.1, 0.15) is 49.9 Å². The van der Waals surface area contributed by atoms with E-state index in [4.69, 9.17) is 9.26 Å². The van der Waals surface area contributed by atoms with Gasteiger partial charge < -0.3 is 19.9 Å². The molecular weight excluding hydrogens is 308 g/mol. The van der Waals surface area contributed by atoms with Crippen molar-refractivity contribution in [2.24, 2.45) is 0 Å². The number of nitrogens with zero attached hydrogens (tertiary/aromatic N) is 2. The van der Waals surface area contributed by atoms with E-state index in [9.17, 15) is 4.79 Å². The summed E-state index contributed by atoms with van der Waals surface area (Å²) in [4.78, 5) is 16.3. The van der Waals surface area contributed by atoms with Crippen LogP contribution in [0.3, 0.4) is 0 Å². The van der Waals surface area contributed by atoms with E-state index in [0.717, 1.165) is 19.4 Å². The minimum atomic E-state index is -0.207. The number of aromatic nitrogens is 2. The quantitative estimate of drug-likeness (QED) is 0.860. The van der Waals surface area contributed by atoms with Crippen LogP contribution < -0.4 is 10.6 Å². The number of morpholine rings is 1. The van der Waals surface area contributed by atoms with Gasteiger partial charge in [-0.05, 0) is 12.8 Å². The molecule has 1 saturated heterocycles. The van der Waals surface area contributed by atoms with Gasteiger partial charge in [0.2, 0.25) is 5.91 Å². The molecule has 1 aromatic rings. The molecule has 1 saturated carbocycles. The molecule has 22 heavy (non-hydrogen) atoms. The predicted molar refractivity (Wildman–Crippen MR) is 81.8 cm³/mol. The molecule has 3 rings (SSSR count). The van der Waals surface area contributed by atoms with Crippen LogP contribution in [0.4, 0.5) is 0 Å². The first kappa shape index (κ1) is 17.2. The van der Waals surface area contributed by atoms with Gasteiger partial charge >= 0.3 is 0 Å². The Labute approximate surface area is 136 Å². The number of carbonyl (C=O) groups excluding carboxylic acids is 1. The van der Waals surface area contributed by atoms with Crippen LogP contribution >= 0.6 is 12.4 Å². The Kier molecular flexibility index (Phi) is 6.60. The van der Waals surface area contributed by atoms with Gasteiger partial charge in [-0.15, -0.1) is 12.4 Å². The molecule has 0 unspecified atom stereocenters. The zero-order valence-corrected chi connectivity index (χ0v) is 13.4. The maximum Gasteiger partial charge on any atom is 0.257 e. The van der Waals surface area contributed by atoms with Crippen LogP contribution in [0.5, 0.6) is 0 Å². The largest absolute Gasteiger partial charge is 0.366 e. The molecule has 7 nitrogen and oxygen atoms in total. The highest BCUT2D eigenvalue weighted by atomic mass is 35.5. The third kappa shape index (κ3) is 4.66. The van der Waals surface area contributed by atoms with Crippen LogP contribution in [0, 0.1) is 0 Å². The number of amides is 1. The summed E-state index contributed by atoms with van der Waals surface area (Å²) in [6, 6.07) is 0.309. The summed E-state index contributed by atoms with van der Waals surface area (Å²) in [7, 11) is 0. The van der Waals surface area contributed by atoms with E-state index in [1.165, 1.54) is 19.3 Å². The number of ether oxygens (including phenoxy) is 1. The molecule has 0 bridgehead atoms. The van der Waals surface area contributed by atoms with Crippen molar-refractivity contribution in [3.05, 3.63) is 11.7 Å². The molecule has 0 spiro atoms. The van der Waals surface area contributed by atoms with Gasteiger partial charge in [0.05, 0.1) is 13.0 Å². The third-order valence-corrected chi connectivity index (χ3v) is 3.98. The summed E-state index contributed by atoms with van der Waals surface area (Å²) in [5.74, 6) is 0.840. The number of hydrogen-bond donors (Lipinski definition) is 2. The Morgan fingerprint density at radius 1 is 1.32 bits per heavy atom. The lowest BCUT2D eigenvalue weighted by Gasteiger charge is -2.22. The van der Waals surface area contributed by atoms with Crippen LogP contribution in [0.15, 0.2) is 4.52 Å². The summed E-state index contributed by atoms with van der Waals surface area (Å²) < 4.78 is 10.7. The summed E-state index contributed by atoms with van der Waals surface area (Å²) in [6.45, 7) is 2.13. The van der Waals surface area contributed by atoms with Gasteiger partial charge in [-0.3, -0.25) is 4.79 Å². The van der Waals surface area contributed by atoms with Crippen molar-refractivity contribution in [2.75, 3.05) is 19.7 Å². The number of nitrogens with one attached hydrogen (secondary N) is 2. The predicted octanol–water partition coefficient (Wildman–Crippen LogP) is 1.14. The maximum absolute atomic E-state index is 12.0. The first-order valence-corrected chi connectivity index (χ1v) is 7.75. The first-order chi connectivity index (χ1) is 10.3. The number of carbonyl (C=O) groups is 1. The monoisotopic (exact) mass is 330 g/mol. The zero-order valence-electron chi connectivity index (χ0n) is 12.5. The topological polar surface area (TPSA) is 89.3 Å². The van der Waals surface area contributed by atoms with Crippen LogP contribution in [0.25, 0.3) is 0 Å². The number of halogens is 1. The minimum absolute atomic E-state index is 0. The number of hydrogen-bond acceptors (Lipinski definition) is 6. The lowest BCUT2D eigenvalue weighted by molar-refractivity contribution is -0.121. The molecular formula is C14H23ClN4O3. The summed E-state index contributed by atoms with van der Waals surface area (Å²) in [5, 5.41) is 10.1. The second-order valence-electron chi connectivity index (χ2n) is 5.69. The summed E-state index contributed by atoms with van der Waals surface area (Å²) in [5.41, 5.74) is 0. The van der Waals surface area contributed by atoms with E-state index >= 15 is 0 Å². The van der Waals surface area contributed by atoms with Gasteiger partial charge in [-0.25, -0.2) is 0 Å². The minimum Gasteiger partial charge on any atom is -0.366 e. The normalized spacial score (nSPS) is 22.8. The van der Waals surface area contributed by atoms with E-state index in [2.05, 4.69) is 20.8 Å². The molecule has 1 amide bonds. The van der Waals surface area contributed by atoms with Crippen molar-refractivity contribution in [3.63, 3.8) is 0 Å². The molecule has 2 heterocycles. The van der Waals surface area contributed by atoms with Gasteiger partial charge in [0.25, 0.3) is 5.89 Å². The van der Waals surface area contributed by atoms with Gasteiger partial charge in [0, 0.05) is 19.1 Å². The van der Waals surface area contributed by atoms with Crippen molar-refractivity contribution in [2.45, 2.75) is 50.7 Å². The van der Waals surface area contributed by atoms with E-state index in [-0.39, 0.29) is 30.8 Å². The fourth-order valence-corrected chi connectivity index (χ4v) is 2.86. The molecule has 1 atom stereocenters. The molecule has 1 aliphatic heterocycles. The van der Waals surface area contributed by atoms with Crippen molar-refractivity contribution in [1.29, 1.82) is 0 Å². The van der Waals surface area contributed by atoms with Crippen molar-refractivity contribution in [1.82, 2.24) is 20.8 Å². The highest BCUT2D eigenvalue weighted by Gasteiger charge is 2.23. The fraction of sp³-hybridized carbons (Fsp3) is 0.786. The number of rotatable bonds is 4. The van der Waals surface area contributed by atoms with Gasteiger partial charge in [0.15, 0.2) is 5.82 Å². The third-order valence-electron chi connectivity index (χ3n) is 3.98. The highest BCUT2D eigenvalue weighted by Crippen LogP contribution is 2.18. The van der Waals surface area contributed by atoms with E-state index in [0.29, 0.717) is 30.9 Å². The second kappa shape index (κ2) is 8.45. The van der Waals surface area contributed by atoms with E-state index < -0.39 is 0 Å². The Balaban J connectivity index is 0.00000176. The Hall–Kier alpha value is -1.18. The molecule has 8 heteroatoms. The zero-order chi connectivity index (χ0) is 14.5. The Morgan fingerprint density at radius 2 is 2.14 bits per heavy atom. The molecule has 2 N–H and O–H groups in total. The van der Waals surface area contributed by atoms with Crippen LogP contribution in [-0.4, -0.2) is 41.8 Å².